The van der Waals surface area contributed by atoms with Crippen molar-refractivity contribution in [2.45, 2.75) is 19.0 Å². The van der Waals surface area contributed by atoms with Crippen LogP contribution >= 0.6 is 0 Å². The SMILES string of the molecule is C=C(CCN1C(=O)c2ccccc2C1=O)Cc1cccc(C(F)(F)F)c1. The largest absolute Gasteiger partial charge is 0.416 e. The van der Waals surface area contributed by atoms with Crippen molar-refractivity contribution in [3.8, 4) is 0 Å². The van der Waals surface area contributed by atoms with Crippen molar-refractivity contribution in [1.82, 2.24) is 4.90 Å². The number of carbonyl (C=O) groups is 2. The minimum absolute atomic E-state index is 0.157. The lowest BCUT2D eigenvalue weighted by Gasteiger charge is -2.15. The Balaban J connectivity index is 1.62. The van der Waals surface area contributed by atoms with E-state index in [1.54, 1.807) is 30.3 Å². The van der Waals surface area contributed by atoms with Gasteiger partial charge in [-0.25, -0.2) is 0 Å². The van der Waals surface area contributed by atoms with Crippen LogP contribution in [0.5, 0.6) is 0 Å². The van der Waals surface area contributed by atoms with Gasteiger partial charge in [0, 0.05) is 6.54 Å². The Morgan fingerprint density at radius 3 is 2.15 bits per heavy atom. The van der Waals surface area contributed by atoms with E-state index >= 15 is 0 Å². The van der Waals surface area contributed by atoms with Crippen LogP contribution in [0.3, 0.4) is 0 Å². The fourth-order valence-corrected chi connectivity index (χ4v) is 2.95. The van der Waals surface area contributed by atoms with Gasteiger partial charge >= 0.3 is 6.18 Å². The molecule has 0 saturated carbocycles. The standard InChI is InChI=1S/C20H16F3NO2/c1-13(11-14-5-4-6-15(12-14)20(21,22)23)9-10-24-18(25)16-7-2-3-8-17(16)19(24)26/h2-8,12H,1,9-11H2. The third-order valence-electron chi connectivity index (χ3n) is 4.28. The van der Waals surface area contributed by atoms with E-state index in [1.807, 2.05) is 0 Å². The lowest BCUT2D eigenvalue weighted by atomic mass is 10.0. The molecule has 0 atom stereocenters. The zero-order valence-corrected chi connectivity index (χ0v) is 13.8. The van der Waals surface area contributed by atoms with Crippen LogP contribution in [-0.4, -0.2) is 23.3 Å². The summed E-state index contributed by atoms with van der Waals surface area (Å²) in [5.74, 6) is -0.699. The summed E-state index contributed by atoms with van der Waals surface area (Å²) in [6.07, 6.45) is -3.80. The molecule has 2 aromatic rings. The molecule has 134 valence electrons. The normalized spacial score (nSPS) is 13.9. The molecule has 0 bridgehead atoms. The summed E-state index contributed by atoms with van der Waals surface area (Å²) in [5, 5.41) is 0. The van der Waals surface area contributed by atoms with Crippen molar-refractivity contribution in [2.24, 2.45) is 0 Å². The van der Waals surface area contributed by atoms with Gasteiger partial charge in [0.2, 0.25) is 0 Å². The number of rotatable bonds is 5. The van der Waals surface area contributed by atoms with E-state index in [0.717, 1.165) is 17.0 Å². The fraction of sp³-hybridized carbons (Fsp3) is 0.200. The van der Waals surface area contributed by atoms with Gasteiger partial charge in [-0.05, 0) is 36.6 Å². The zero-order valence-electron chi connectivity index (χ0n) is 13.8. The molecule has 2 aromatic carbocycles. The molecule has 1 heterocycles. The topological polar surface area (TPSA) is 37.4 Å². The van der Waals surface area contributed by atoms with Gasteiger partial charge in [0.1, 0.15) is 0 Å². The molecule has 0 fully saturated rings. The monoisotopic (exact) mass is 359 g/mol. The lowest BCUT2D eigenvalue weighted by Crippen LogP contribution is -2.31. The van der Waals surface area contributed by atoms with Gasteiger partial charge in [0.25, 0.3) is 11.8 Å². The minimum atomic E-state index is -4.39. The smallest absolute Gasteiger partial charge is 0.274 e. The molecule has 0 unspecified atom stereocenters. The van der Waals surface area contributed by atoms with E-state index in [-0.39, 0.29) is 24.8 Å². The van der Waals surface area contributed by atoms with Gasteiger partial charge in [0.05, 0.1) is 16.7 Å². The molecule has 0 aromatic heterocycles. The number of benzene rings is 2. The predicted octanol–water partition coefficient (Wildman–Crippen LogP) is 4.49. The zero-order chi connectivity index (χ0) is 18.9. The highest BCUT2D eigenvalue weighted by Crippen LogP contribution is 2.30. The van der Waals surface area contributed by atoms with E-state index in [0.29, 0.717) is 28.7 Å². The van der Waals surface area contributed by atoms with Crippen molar-refractivity contribution in [3.63, 3.8) is 0 Å². The first-order chi connectivity index (χ1) is 12.3. The fourth-order valence-electron chi connectivity index (χ4n) is 2.95. The van der Waals surface area contributed by atoms with Crippen molar-refractivity contribution in [3.05, 3.63) is 82.9 Å². The Kier molecular flexibility index (Phi) is 4.68. The summed E-state index contributed by atoms with van der Waals surface area (Å²) in [6, 6.07) is 11.7. The molecule has 0 saturated heterocycles. The van der Waals surface area contributed by atoms with Crippen molar-refractivity contribution >= 4 is 11.8 Å². The second kappa shape index (κ2) is 6.78. The minimum Gasteiger partial charge on any atom is -0.274 e. The summed E-state index contributed by atoms with van der Waals surface area (Å²) in [4.78, 5) is 25.7. The first-order valence-corrected chi connectivity index (χ1v) is 8.05. The Bertz CT molecular complexity index is 852. The number of carbonyl (C=O) groups excluding carboxylic acids is 2. The average Bonchev–Trinajstić information content (AvgIpc) is 2.84. The number of amides is 2. The maximum Gasteiger partial charge on any atom is 0.416 e. The molecule has 0 N–H and O–H groups in total. The Morgan fingerprint density at radius 1 is 0.962 bits per heavy atom. The number of hydrogen-bond donors (Lipinski definition) is 0. The van der Waals surface area contributed by atoms with Gasteiger partial charge in [-0.15, -0.1) is 0 Å². The number of alkyl halides is 3. The molecule has 2 amide bonds. The van der Waals surface area contributed by atoms with Crippen molar-refractivity contribution in [2.75, 3.05) is 6.54 Å². The summed E-state index contributed by atoms with van der Waals surface area (Å²) >= 11 is 0. The Morgan fingerprint density at radius 2 is 1.58 bits per heavy atom. The van der Waals surface area contributed by atoms with Crippen LogP contribution in [-0.2, 0) is 12.6 Å². The molecular formula is C20H16F3NO2. The summed E-state index contributed by atoms with van der Waals surface area (Å²) in [6.45, 7) is 4.03. The molecular weight excluding hydrogens is 343 g/mol. The third kappa shape index (κ3) is 3.54. The molecule has 0 radical (unpaired) electrons. The Hall–Kier alpha value is -2.89. The first kappa shape index (κ1) is 17.9. The molecule has 1 aliphatic heterocycles. The molecule has 6 heteroatoms. The van der Waals surface area contributed by atoms with Crippen LogP contribution in [0.1, 0.15) is 38.3 Å². The number of imide groups is 1. The van der Waals surface area contributed by atoms with E-state index in [4.69, 9.17) is 0 Å². The quantitative estimate of drug-likeness (QED) is 0.583. The molecule has 0 spiro atoms. The molecule has 3 nitrogen and oxygen atoms in total. The van der Waals surface area contributed by atoms with Crippen LogP contribution in [0.2, 0.25) is 0 Å². The number of nitrogens with zero attached hydrogens (tertiary/aromatic N) is 1. The van der Waals surface area contributed by atoms with Gasteiger partial charge in [-0.2, -0.15) is 13.2 Å². The maximum atomic E-state index is 12.8. The number of fused-ring (bicyclic) bond motifs is 1. The van der Waals surface area contributed by atoms with Crippen LogP contribution in [0.4, 0.5) is 13.2 Å². The highest BCUT2D eigenvalue weighted by molar-refractivity contribution is 6.21. The van der Waals surface area contributed by atoms with Crippen LogP contribution in [0, 0.1) is 0 Å². The van der Waals surface area contributed by atoms with E-state index in [2.05, 4.69) is 6.58 Å². The molecule has 1 aliphatic rings. The second-order valence-corrected chi connectivity index (χ2v) is 6.18. The highest BCUT2D eigenvalue weighted by atomic mass is 19.4. The average molecular weight is 359 g/mol. The molecule has 0 aliphatic carbocycles. The van der Waals surface area contributed by atoms with Gasteiger partial charge in [-0.3, -0.25) is 14.5 Å². The first-order valence-electron chi connectivity index (χ1n) is 8.05. The van der Waals surface area contributed by atoms with Crippen LogP contribution in [0.25, 0.3) is 0 Å². The highest BCUT2D eigenvalue weighted by Gasteiger charge is 2.34. The van der Waals surface area contributed by atoms with Gasteiger partial charge in [-0.1, -0.05) is 42.5 Å². The van der Waals surface area contributed by atoms with Crippen molar-refractivity contribution in [1.29, 1.82) is 0 Å². The van der Waals surface area contributed by atoms with E-state index in [1.165, 1.54) is 6.07 Å². The third-order valence-corrected chi connectivity index (χ3v) is 4.28. The molecule has 26 heavy (non-hydrogen) atoms. The van der Waals surface area contributed by atoms with E-state index < -0.39 is 11.7 Å². The van der Waals surface area contributed by atoms with Gasteiger partial charge < -0.3 is 0 Å². The van der Waals surface area contributed by atoms with Crippen LogP contribution in [0.15, 0.2) is 60.7 Å². The van der Waals surface area contributed by atoms with Crippen LogP contribution < -0.4 is 0 Å². The molecule has 3 rings (SSSR count). The number of hydrogen-bond acceptors (Lipinski definition) is 2. The van der Waals surface area contributed by atoms with E-state index in [9.17, 15) is 22.8 Å². The summed E-state index contributed by atoms with van der Waals surface area (Å²) < 4.78 is 38.3. The maximum absolute atomic E-state index is 12.8. The van der Waals surface area contributed by atoms with Gasteiger partial charge in [0.15, 0.2) is 0 Å². The summed E-state index contributed by atoms with van der Waals surface area (Å²) in [5.41, 5.74) is 1.19. The lowest BCUT2D eigenvalue weighted by molar-refractivity contribution is -0.137. The number of halogens is 3. The van der Waals surface area contributed by atoms with Crippen molar-refractivity contribution < 1.29 is 22.8 Å². The summed E-state index contributed by atoms with van der Waals surface area (Å²) in [7, 11) is 0. The Labute approximate surface area is 148 Å². The predicted molar refractivity (Wildman–Crippen MR) is 90.7 cm³/mol. The second-order valence-electron chi connectivity index (χ2n) is 6.18.